The van der Waals surface area contributed by atoms with E-state index in [0.717, 1.165) is 29.9 Å². The van der Waals surface area contributed by atoms with Crippen LogP contribution in [0, 0.1) is 0 Å². The summed E-state index contributed by atoms with van der Waals surface area (Å²) >= 11 is 3.66. The first-order valence-corrected chi connectivity index (χ1v) is 9.78. The van der Waals surface area contributed by atoms with Crippen LogP contribution in [0.25, 0.3) is 6.08 Å². The fraction of sp³-hybridized carbons (Fsp3) is 0.471. The highest BCUT2D eigenvalue weighted by atomic mass is 32.2. The summed E-state index contributed by atoms with van der Waals surface area (Å²) < 4.78 is 5.66. The maximum atomic E-state index is 12.0. The van der Waals surface area contributed by atoms with Crippen LogP contribution in [0.5, 0.6) is 0 Å². The van der Waals surface area contributed by atoms with E-state index in [4.69, 9.17) is 4.74 Å². The third-order valence-electron chi connectivity index (χ3n) is 3.96. The summed E-state index contributed by atoms with van der Waals surface area (Å²) in [5, 5.41) is 2.97. The van der Waals surface area contributed by atoms with Gasteiger partial charge in [0.2, 0.25) is 5.91 Å². The van der Waals surface area contributed by atoms with Crippen LogP contribution in [0.2, 0.25) is 0 Å². The van der Waals surface area contributed by atoms with Gasteiger partial charge in [0.25, 0.3) is 0 Å². The number of rotatable bonds is 6. The molecule has 1 saturated heterocycles. The molecule has 1 aliphatic heterocycles. The molecule has 22 heavy (non-hydrogen) atoms. The summed E-state index contributed by atoms with van der Waals surface area (Å²) in [6, 6.07) is 8.15. The lowest BCUT2D eigenvalue weighted by molar-refractivity contribution is -0.118. The largest absolute Gasteiger partial charge is 0.376 e. The van der Waals surface area contributed by atoms with Gasteiger partial charge in [-0.3, -0.25) is 4.79 Å². The Balaban J connectivity index is 1.84. The third-order valence-corrected chi connectivity index (χ3v) is 5.69. The zero-order chi connectivity index (χ0) is 15.8. The van der Waals surface area contributed by atoms with Gasteiger partial charge >= 0.3 is 0 Å². The van der Waals surface area contributed by atoms with Crippen LogP contribution in [-0.2, 0) is 9.53 Å². The van der Waals surface area contributed by atoms with E-state index in [0.29, 0.717) is 6.54 Å². The average molecular weight is 338 g/mol. The quantitative estimate of drug-likeness (QED) is 0.637. The van der Waals surface area contributed by atoms with Crippen LogP contribution in [-0.4, -0.2) is 42.9 Å². The van der Waals surface area contributed by atoms with Gasteiger partial charge in [-0.05, 0) is 54.4 Å². The second-order valence-corrected chi connectivity index (χ2v) is 7.43. The van der Waals surface area contributed by atoms with Crippen molar-refractivity contribution >= 4 is 35.5 Å². The van der Waals surface area contributed by atoms with Crippen LogP contribution >= 0.6 is 23.5 Å². The summed E-state index contributed by atoms with van der Waals surface area (Å²) in [6.45, 7) is 0.582. The predicted octanol–water partition coefficient (Wildman–Crippen LogP) is 3.45. The minimum Gasteiger partial charge on any atom is -0.376 e. The minimum atomic E-state index is -0.186. The number of benzene rings is 1. The van der Waals surface area contributed by atoms with E-state index in [1.54, 1.807) is 24.9 Å². The molecule has 3 nitrogen and oxygen atoms in total. The maximum Gasteiger partial charge on any atom is 0.244 e. The SMILES string of the molecule is COC1(CNC(=O)/C=C/c2ccc(SC)cc2)CCSCC1. The molecule has 1 aromatic rings. The Morgan fingerprint density at radius 3 is 2.64 bits per heavy atom. The summed E-state index contributed by atoms with van der Waals surface area (Å²) in [7, 11) is 1.74. The zero-order valence-electron chi connectivity index (χ0n) is 13.1. The van der Waals surface area contributed by atoms with Crippen molar-refractivity contribution < 1.29 is 9.53 Å². The van der Waals surface area contributed by atoms with E-state index in [1.807, 2.05) is 36.2 Å². The predicted molar refractivity (Wildman–Crippen MR) is 96.6 cm³/mol. The number of ether oxygens (including phenoxy) is 1. The van der Waals surface area contributed by atoms with Gasteiger partial charge in [-0.25, -0.2) is 0 Å². The van der Waals surface area contributed by atoms with Gasteiger partial charge in [0, 0.05) is 24.6 Å². The standard InChI is InChI=1S/C17H23NO2S2/c1-20-17(9-11-22-12-10-17)13-18-16(19)8-5-14-3-6-15(21-2)7-4-14/h3-8H,9-13H2,1-2H3,(H,18,19)/b8-5+. The molecule has 0 spiro atoms. The number of hydrogen-bond acceptors (Lipinski definition) is 4. The van der Waals surface area contributed by atoms with E-state index in [2.05, 4.69) is 17.4 Å². The summed E-state index contributed by atoms with van der Waals surface area (Å²) in [6.07, 6.45) is 7.47. The number of thioether (sulfide) groups is 2. The molecule has 0 unspecified atom stereocenters. The van der Waals surface area contributed by atoms with Crippen molar-refractivity contribution in [3.8, 4) is 0 Å². The first-order valence-electron chi connectivity index (χ1n) is 7.40. The van der Waals surface area contributed by atoms with Crippen molar-refractivity contribution in [3.05, 3.63) is 35.9 Å². The van der Waals surface area contributed by atoms with Gasteiger partial charge in [-0.1, -0.05) is 12.1 Å². The second-order valence-electron chi connectivity index (χ2n) is 5.32. The van der Waals surface area contributed by atoms with Crippen molar-refractivity contribution in [3.63, 3.8) is 0 Å². The van der Waals surface area contributed by atoms with Crippen LogP contribution in [0.15, 0.2) is 35.2 Å². The van der Waals surface area contributed by atoms with Crippen molar-refractivity contribution in [1.29, 1.82) is 0 Å². The first kappa shape index (κ1) is 17.4. The monoisotopic (exact) mass is 337 g/mol. The van der Waals surface area contributed by atoms with Crippen LogP contribution in [0.3, 0.4) is 0 Å². The van der Waals surface area contributed by atoms with E-state index in [-0.39, 0.29) is 11.5 Å². The fourth-order valence-electron chi connectivity index (χ4n) is 2.39. The van der Waals surface area contributed by atoms with E-state index in [9.17, 15) is 4.79 Å². The molecule has 1 fully saturated rings. The molecule has 1 amide bonds. The van der Waals surface area contributed by atoms with Gasteiger partial charge < -0.3 is 10.1 Å². The molecule has 2 rings (SSSR count). The Bertz CT molecular complexity index is 508. The third kappa shape index (κ3) is 5.07. The highest BCUT2D eigenvalue weighted by Crippen LogP contribution is 2.29. The molecule has 1 N–H and O–H groups in total. The minimum absolute atomic E-state index is 0.0661. The van der Waals surface area contributed by atoms with Crippen LogP contribution < -0.4 is 5.32 Å². The fourth-order valence-corrected chi connectivity index (χ4v) is 4.04. The molecular weight excluding hydrogens is 314 g/mol. The molecule has 0 saturated carbocycles. The lowest BCUT2D eigenvalue weighted by Gasteiger charge is -2.35. The summed E-state index contributed by atoms with van der Waals surface area (Å²) in [5.41, 5.74) is 0.845. The number of methoxy groups -OCH3 is 1. The van der Waals surface area contributed by atoms with Gasteiger partial charge in [-0.15, -0.1) is 11.8 Å². The number of hydrogen-bond donors (Lipinski definition) is 1. The van der Waals surface area contributed by atoms with Crippen molar-refractivity contribution in [1.82, 2.24) is 5.32 Å². The Labute approximate surface area is 141 Å². The average Bonchev–Trinajstić information content (AvgIpc) is 2.59. The molecular formula is C17H23NO2S2. The van der Waals surface area contributed by atoms with E-state index < -0.39 is 0 Å². The molecule has 5 heteroatoms. The molecule has 120 valence electrons. The normalized spacial score (nSPS) is 17.5. The zero-order valence-corrected chi connectivity index (χ0v) is 14.8. The Kier molecular flexibility index (Phi) is 6.86. The van der Waals surface area contributed by atoms with E-state index in [1.165, 1.54) is 4.90 Å². The molecule has 0 aromatic heterocycles. The Morgan fingerprint density at radius 1 is 1.36 bits per heavy atom. The first-order chi connectivity index (χ1) is 10.7. The Morgan fingerprint density at radius 2 is 2.05 bits per heavy atom. The smallest absolute Gasteiger partial charge is 0.244 e. The molecule has 0 radical (unpaired) electrons. The van der Waals surface area contributed by atoms with Gasteiger partial charge in [0.1, 0.15) is 0 Å². The van der Waals surface area contributed by atoms with Crippen LogP contribution in [0.4, 0.5) is 0 Å². The van der Waals surface area contributed by atoms with Gasteiger partial charge in [0.15, 0.2) is 0 Å². The second kappa shape index (κ2) is 8.65. The number of nitrogens with one attached hydrogen (secondary N) is 1. The molecule has 0 atom stereocenters. The maximum absolute atomic E-state index is 12.0. The number of carbonyl (C=O) groups excluding carboxylic acids is 1. The molecule has 0 aliphatic carbocycles. The lowest BCUT2D eigenvalue weighted by Crippen LogP contribution is -2.46. The molecule has 1 aliphatic rings. The van der Waals surface area contributed by atoms with Gasteiger partial charge in [-0.2, -0.15) is 11.8 Å². The molecule has 1 heterocycles. The molecule has 0 bridgehead atoms. The lowest BCUT2D eigenvalue weighted by atomic mass is 9.96. The van der Waals surface area contributed by atoms with Crippen molar-refractivity contribution in [2.24, 2.45) is 0 Å². The van der Waals surface area contributed by atoms with Gasteiger partial charge in [0.05, 0.1) is 5.60 Å². The highest BCUT2D eigenvalue weighted by Gasteiger charge is 2.32. The van der Waals surface area contributed by atoms with Crippen molar-refractivity contribution in [2.75, 3.05) is 31.4 Å². The summed E-state index contributed by atoms with van der Waals surface area (Å²) in [4.78, 5) is 13.2. The number of amides is 1. The Hall–Kier alpha value is -0.910. The van der Waals surface area contributed by atoms with E-state index >= 15 is 0 Å². The van der Waals surface area contributed by atoms with Crippen LogP contribution in [0.1, 0.15) is 18.4 Å². The topological polar surface area (TPSA) is 38.3 Å². The summed E-state index contributed by atoms with van der Waals surface area (Å²) in [5.74, 6) is 2.13. The number of carbonyl (C=O) groups is 1. The van der Waals surface area contributed by atoms with Crippen molar-refractivity contribution in [2.45, 2.75) is 23.3 Å². The molecule has 1 aromatic carbocycles. The highest BCUT2D eigenvalue weighted by molar-refractivity contribution is 7.99.